The molecule has 0 bridgehead atoms. The van der Waals surface area contributed by atoms with Gasteiger partial charge in [-0.2, -0.15) is 0 Å². The first-order chi connectivity index (χ1) is 15.4. The molecule has 0 aliphatic rings. The van der Waals surface area contributed by atoms with E-state index in [1.807, 2.05) is 22.8 Å². The minimum atomic E-state index is -0.453. The number of halogens is 1. The zero-order chi connectivity index (χ0) is 23.0. The van der Waals surface area contributed by atoms with Gasteiger partial charge >= 0.3 is 5.69 Å². The normalized spacial score (nSPS) is 11.2. The predicted molar refractivity (Wildman–Crippen MR) is 121 cm³/mol. The zero-order valence-electron chi connectivity index (χ0n) is 18.4. The number of fused-ring (bicyclic) bond motifs is 1. The lowest BCUT2D eigenvalue weighted by Crippen LogP contribution is -2.36. The van der Waals surface area contributed by atoms with Crippen molar-refractivity contribution < 1.29 is 13.9 Å². The maximum atomic E-state index is 14.8. The number of benzene rings is 2. The van der Waals surface area contributed by atoms with Crippen LogP contribution in [-0.4, -0.2) is 27.9 Å². The second kappa shape index (κ2) is 8.37. The second-order valence-electron chi connectivity index (χ2n) is 7.56. The number of rotatable bonds is 6. The molecule has 0 spiro atoms. The molecule has 0 saturated carbocycles. The van der Waals surface area contributed by atoms with Crippen LogP contribution in [0.2, 0.25) is 0 Å². The van der Waals surface area contributed by atoms with Gasteiger partial charge in [0.2, 0.25) is 0 Å². The molecule has 0 aliphatic heterocycles. The molecule has 2 aromatic carbocycles. The van der Waals surface area contributed by atoms with Crippen LogP contribution in [0, 0.1) is 5.82 Å². The van der Waals surface area contributed by atoms with Gasteiger partial charge in [-0.05, 0) is 36.2 Å². The summed E-state index contributed by atoms with van der Waals surface area (Å²) in [6.07, 6.45) is 2.33. The molecule has 166 valence electrons. The molecule has 0 amide bonds. The average Bonchev–Trinajstić information content (AvgIpc) is 3.19. The highest BCUT2D eigenvalue weighted by atomic mass is 19.1. The summed E-state index contributed by atoms with van der Waals surface area (Å²) in [7, 11) is 6.19. The minimum absolute atomic E-state index is 0.311. The quantitative estimate of drug-likeness (QED) is 0.465. The molecule has 0 fully saturated rings. The van der Waals surface area contributed by atoms with Crippen molar-refractivity contribution in [1.82, 2.24) is 13.7 Å². The maximum absolute atomic E-state index is 14.8. The number of nitrogens with zero attached hydrogens (tertiary/aromatic N) is 3. The van der Waals surface area contributed by atoms with E-state index in [9.17, 15) is 14.0 Å². The Bertz CT molecular complexity index is 1430. The number of aromatic nitrogens is 3. The number of hydrogen-bond donors (Lipinski definition) is 0. The van der Waals surface area contributed by atoms with E-state index in [1.54, 1.807) is 45.7 Å². The Morgan fingerprint density at radius 3 is 2.34 bits per heavy atom. The van der Waals surface area contributed by atoms with Crippen molar-refractivity contribution in [3.8, 4) is 22.8 Å². The summed E-state index contributed by atoms with van der Waals surface area (Å²) in [4.78, 5) is 25.5. The number of methoxy groups -OCH3 is 2. The van der Waals surface area contributed by atoms with Crippen molar-refractivity contribution in [2.45, 2.75) is 13.0 Å². The van der Waals surface area contributed by atoms with E-state index in [2.05, 4.69) is 0 Å². The Morgan fingerprint density at radius 1 is 0.938 bits per heavy atom. The molecular formula is C24H24FN3O4. The molecule has 0 aliphatic carbocycles. The van der Waals surface area contributed by atoms with Crippen LogP contribution >= 0.6 is 0 Å². The molecule has 4 rings (SSSR count). The van der Waals surface area contributed by atoms with Crippen LogP contribution in [0.25, 0.3) is 22.2 Å². The molecule has 2 aromatic heterocycles. The van der Waals surface area contributed by atoms with Crippen molar-refractivity contribution in [2.24, 2.45) is 14.1 Å². The van der Waals surface area contributed by atoms with Gasteiger partial charge in [-0.3, -0.25) is 13.9 Å². The van der Waals surface area contributed by atoms with Crippen LogP contribution in [0.3, 0.4) is 0 Å². The summed E-state index contributed by atoms with van der Waals surface area (Å²) < 4.78 is 29.8. The Kier molecular flexibility index (Phi) is 5.61. The SMILES string of the molecule is COc1ccc(CCn2cc3c(c2-c2ccccc2F)c(=O)n(C)c(=O)n3C)cc1OC. The van der Waals surface area contributed by atoms with E-state index < -0.39 is 17.1 Å². The molecule has 0 saturated heterocycles. The average molecular weight is 437 g/mol. The van der Waals surface area contributed by atoms with Crippen molar-refractivity contribution in [3.05, 3.63) is 80.9 Å². The summed E-state index contributed by atoms with van der Waals surface area (Å²) >= 11 is 0. The lowest BCUT2D eigenvalue weighted by Gasteiger charge is -2.12. The Labute approximate surface area is 183 Å². The Balaban J connectivity index is 1.88. The third-order valence-corrected chi connectivity index (χ3v) is 5.73. The lowest BCUT2D eigenvalue weighted by atomic mass is 10.1. The molecule has 2 heterocycles. The second-order valence-corrected chi connectivity index (χ2v) is 7.56. The van der Waals surface area contributed by atoms with Gasteiger partial charge < -0.3 is 14.0 Å². The minimum Gasteiger partial charge on any atom is -0.493 e. The summed E-state index contributed by atoms with van der Waals surface area (Å²) in [5, 5.41) is 0.312. The summed E-state index contributed by atoms with van der Waals surface area (Å²) in [6.45, 7) is 0.463. The zero-order valence-corrected chi connectivity index (χ0v) is 18.4. The smallest absolute Gasteiger partial charge is 0.330 e. The van der Waals surface area contributed by atoms with Crippen LogP contribution in [0.5, 0.6) is 11.5 Å². The van der Waals surface area contributed by atoms with Crippen molar-refractivity contribution in [2.75, 3.05) is 14.2 Å². The van der Waals surface area contributed by atoms with E-state index in [0.717, 1.165) is 10.1 Å². The molecular weight excluding hydrogens is 413 g/mol. The first kappa shape index (κ1) is 21.4. The highest BCUT2D eigenvalue weighted by Crippen LogP contribution is 2.31. The fourth-order valence-corrected chi connectivity index (χ4v) is 3.99. The van der Waals surface area contributed by atoms with Crippen molar-refractivity contribution in [3.63, 3.8) is 0 Å². The van der Waals surface area contributed by atoms with Crippen LogP contribution in [0.1, 0.15) is 5.56 Å². The van der Waals surface area contributed by atoms with Gasteiger partial charge in [-0.15, -0.1) is 0 Å². The number of aryl methyl sites for hydroxylation is 3. The van der Waals surface area contributed by atoms with Gasteiger partial charge in [0.1, 0.15) is 5.82 Å². The third-order valence-electron chi connectivity index (χ3n) is 5.73. The fraction of sp³-hybridized carbons (Fsp3) is 0.250. The summed E-state index contributed by atoms with van der Waals surface area (Å²) in [5.74, 6) is 0.817. The van der Waals surface area contributed by atoms with Gasteiger partial charge in [0.05, 0.1) is 30.8 Å². The Morgan fingerprint density at radius 2 is 1.66 bits per heavy atom. The summed E-state index contributed by atoms with van der Waals surface area (Å²) in [6, 6.07) is 12.0. The van der Waals surface area contributed by atoms with Crippen molar-refractivity contribution >= 4 is 10.9 Å². The van der Waals surface area contributed by atoms with Gasteiger partial charge in [0.25, 0.3) is 5.56 Å². The van der Waals surface area contributed by atoms with Crippen molar-refractivity contribution in [1.29, 1.82) is 0 Å². The van der Waals surface area contributed by atoms with Gasteiger partial charge in [-0.25, -0.2) is 9.18 Å². The monoisotopic (exact) mass is 437 g/mol. The van der Waals surface area contributed by atoms with Gasteiger partial charge in [0.15, 0.2) is 11.5 Å². The molecule has 0 radical (unpaired) electrons. The number of hydrogen-bond acceptors (Lipinski definition) is 4. The maximum Gasteiger partial charge on any atom is 0.330 e. The van der Waals surface area contributed by atoms with E-state index in [0.29, 0.717) is 46.6 Å². The van der Waals surface area contributed by atoms with Gasteiger partial charge in [0, 0.05) is 32.4 Å². The molecule has 0 unspecified atom stereocenters. The summed E-state index contributed by atoms with van der Waals surface area (Å²) in [5.41, 5.74) is 1.33. The molecule has 0 N–H and O–H groups in total. The highest BCUT2D eigenvalue weighted by molar-refractivity contribution is 5.93. The van der Waals surface area contributed by atoms with E-state index in [-0.39, 0.29) is 0 Å². The van der Waals surface area contributed by atoms with Crippen LogP contribution in [0.15, 0.2) is 58.3 Å². The number of ether oxygens (including phenoxy) is 2. The fourth-order valence-electron chi connectivity index (χ4n) is 3.99. The van der Waals surface area contributed by atoms with Crippen LogP contribution in [0.4, 0.5) is 4.39 Å². The van der Waals surface area contributed by atoms with E-state index in [4.69, 9.17) is 9.47 Å². The standard InChI is InChI=1S/C24H24FN3O4/c1-26-18-14-28(12-11-15-9-10-19(31-3)20(13-15)32-4)22(16-7-5-6-8-17(16)25)21(18)23(29)27(2)24(26)30/h5-10,13-14H,11-12H2,1-4H3. The van der Waals surface area contributed by atoms with E-state index in [1.165, 1.54) is 17.7 Å². The predicted octanol–water partition coefficient (Wildman–Crippen LogP) is 3.10. The first-order valence-corrected chi connectivity index (χ1v) is 10.1. The molecule has 7 nitrogen and oxygen atoms in total. The molecule has 4 aromatic rings. The van der Waals surface area contributed by atoms with E-state index >= 15 is 0 Å². The lowest BCUT2D eigenvalue weighted by molar-refractivity contribution is 0.354. The molecule has 0 atom stereocenters. The Hall–Kier alpha value is -3.81. The molecule has 8 heteroatoms. The van der Waals surface area contributed by atoms with Crippen LogP contribution in [-0.2, 0) is 27.1 Å². The first-order valence-electron chi connectivity index (χ1n) is 10.1. The van der Waals surface area contributed by atoms with Crippen LogP contribution < -0.4 is 20.7 Å². The third kappa shape index (κ3) is 3.47. The topological polar surface area (TPSA) is 67.4 Å². The molecule has 32 heavy (non-hydrogen) atoms. The largest absolute Gasteiger partial charge is 0.493 e. The van der Waals surface area contributed by atoms with Gasteiger partial charge in [-0.1, -0.05) is 18.2 Å². The highest BCUT2D eigenvalue weighted by Gasteiger charge is 2.21.